The van der Waals surface area contributed by atoms with Crippen LogP contribution >= 0.6 is 0 Å². The van der Waals surface area contributed by atoms with Crippen molar-refractivity contribution in [3.63, 3.8) is 0 Å². The Morgan fingerprint density at radius 1 is 1.05 bits per heavy atom. The van der Waals surface area contributed by atoms with Crippen LogP contribution in [0.5, 0.6) is 0 Å². The molecule has 0 amide bonds. The lowest BCUT2D eigenvalue weighted by Crippen LogP contribution is -2.41. The summed E-state index contributed by atoms with van der Waals surface area (Å²) < 4.78 is 51.4. The number of para-hydroxylation sites is 1. The highest BCUT2D eigenvalue weighted by molar-refractivity contribution is 6.64. The summed E-state index contributed by atoms with van der Waals surface area (Å²) in [7, 11) is -0.958. The molecule has 1 aliphatic rings. The minimum absolute atomic E-state index is 0.00159. The van der Waals surface area contributed by atoms with Gasteiger partial charge in [0, 0.05) is 17.8 Å². The summed E-state index contributed by atoms with van der Waals surface area (Å²) in [6.45, 7) is 7.46. The van der Waals surface area contributed by atoms with Crippen molar-refractivity contribution in [3.8, 4) is 0 Å². The fourth-order valence-electron chi connectivity index (χ4n) is 1.89. The first-order chi connectivity index (χ1) is 11.0. The van der Waals surface area contributed by atoms with Crippen LogP contribution in [-0.4, -0.2) is 28.3 Å². The number of rotatable bonds is 1. The summed E-state index contributed by atoms with van der Waals surface area (Å²) in [6, 6.07) is -0.868. The topological polar surface area (TPSA) is 44.2 Å². The van der Waals surface area contributed by atoms with Crippen LogP contribution in [-0.2, 0) is 9.31 Å². The van der Waals surface area contributed by atoms with Gasteiger partial charge in [-0.1, -0.05) is 12.1 Å². The van der Waals surface area contributed by atoms with Crippen LogP contribution < -0.4 is 5.46 Å². The molecule has 0 bridgehead atoms. The normalized spacial score (nSPS) is 24.6. The number of fused-ring (bicyclic) bond motifs is 1. The maximum absolute atomic E-state index is 8.22. The Balaban J connectivity index is 2.31. The third kappa shape index (κ3) is 1.93. The van der Waals surface area contributed by atoms with Gasteiger partial charge in [0.05, 0.1) is 29.1 Å². The number of aromatic nitrogens is 2. The molecule has 2 aromatic rings. The molecule has 0 saturated carbocycles. The second-order valence-corrected chi connectivity index (χ2v) is 5.52. The van der Waals surface area contributed by atoms with Crippen LogP contribution in [0.1, 0.15) is 34.5 Å². The molecule has 4 nitrogen and oxygen atoms in total. The Kier molecular flexibility index (Phi) is 1.69. The van der Waals surface area contributed by atoms with Crippen LogP contribution in [0.25, 0.3) is 11.0 Å². The fraction of sp³-hybridized carbons (Fsp3) is 0.429. The lowest BCUT2D eigenvalue weighted by atomic mass is 9.78. The second kappa shape index (κ2) is 4.02. The van der Waals surface area contributed by atoms with Crippen molar-refractivity contribution in [1.29, 1.82) is 0 Å². The second-order valence-electron chi connectivity index (χ2n) is 5.52. The molecule has 0 unspecified atom stereocenters. The quantitative estimate of drug-likeness (QED) is 0.736. The van der Waals surface area contributed by atoms with E-state index in [2.05, 4.69) is 9.97 Å². The molecule has 1 aromatic heterocycles. The van der Waals surface area contributed by atoms with Gasteiger partial charge in [0.15, 0.2) is 0 Å². The molecular formula is C14H17BN2O2. The minimum Gasteiger partial charge on any atom is -0.399 e. The zero-order chi connectivity index (χ0) is 18.0. The largest absolute Gasteiger partial charge is 0.497 e. The van der Waals surface area contributed by atoms with Crippen LogP contribution in [0.3, 0.4) is 0 Å². The van der Waals surface area contributed by atoms with Crippen molar-refractivity contribution in [2.24, 2.45) is 0 Å². The van der Waals surface area contributed by atoms with Crippen molar-refractivity contribution < 1.29 is 16.2 Å². The van der Waals surface area contributed by atoms with Gasteiger partial charge in [0.1, 0.15) is 0 Å². The standard InChI is InChI=1S/C14H17BN2O2/c1-13(2)14(3,4)19-15(18-13)10-6-5-7-11-12(10)17-9-8-16-11/h5-9H,1-4H3/i5D,6D,7D,8D,9D. The summed E-state index contributed by atoms with van der Waals surface area (Å²) >= 11 is 0. The fourth-order valence-corrected chi connectivity index (χ4v) is 1.89. The third-order valence-corrected chi connectivity index (χ3v) is 3.73. The number of hydrogen-bond acceptors (Lipinski definition) is 4. The Labute approximate surface area is 120 Å². The van der Waals surface area contributed by atoms with Crippen LogP contribution in [0.2, 0.25) is 0 Å². The minimum atomic E-state index is -0.958. The van der Waals surface area contributed by atoms with Gasteiger partial charge in [0.25, 0.3) is 0 Å². The van der Waals surface area contributed by atoms with Crippen molar-refractivity contribution in [3.05, 3.63) is 30.5 Å². The molecule has 0 aliphatic carbocycles. The first kappa shape index (κ1) is 7.97. The van der Waals surface area contributed by atoms with Gasteiger partial charge in [0.2, 0.25) is 0 Å². The summed E-state index contributed by atoms with van der Waals surface area (Å²) in [6.07, 6.45) is -0.746. The predicted octanol–water partition coefficient (Wildman–Crippen LogP) is 1.93. The summed E-state index contributed by atoms with van der Waals surface area (Å²) in [5.74, 6) is 0. The molecule has 1 saturated heterocycles. The van der Waals surface area contributed by atoms with E-state index in [1.807, 2.05) is 27.7 Å². The van der Waals surface area contributed by atoms with Crippen LogP contribution in [0.4, 0.5) is 0 Å². The Morgan fingerprint density at radius 3 is 2.37 bits per heavy atom. The predicted molar refractivity (Wildman–Crippen MR) is 75.3 cm³/mol. The average molecular weight is 261 g/mol. The number of benzene rings is 1. The van der Waals surface area contributed by atoms with E-state index in [1.165, 1.54) is 0 Å². The van der Waals surface area contributed by atoms with E-state index < -0.39 is 18.3 Å². The Morgan fingerprint density at radius 2 is 1.68 bits per heavy atom. The van der Waals surface area contributed by atoms with Gasteiger partial charge in [-0.25, -0.2) is 0 Å². The van der Waals surface area contributed by atoms with E-state index in [-0.39, 0.29) is 47.0 Å². The lowest BCUT2D eigenvalue weighted by Gasteiger charge is -2.32. The Bertz CT molecular complexity index is 843. The highest BCUT2D eigenvalue weighted by Gasteiger charge is 2.52. The molecule has 3 rings (SSSR count). The molecule has 5 heteroatoms. The monoisotopic (exact) mass is 261 g/mol. The first-order valence-electron chi connectivity index (χ1n) is 8.56. The molecule has 2 heterocycles. The lowest BCUT2D eigenvalue weighted by molar-refractivity contribution is 0.00578. The maximum atomic E-state index is 8.22. The molecule has 1 aliphatic heterocycles. The van der Waals surface area contributed by atoms with Crippen LogP contribution in [0.15, 0.2) is 30.5 Å². The molecule has 19 heavy (non-hydrogen) atoms. The van der Waals surface area contributed by atoms with E-state index >= 15 is 0 Å². The molecule has 1 fully saturated rings. The third-order valence-electron chi connectivity index (χ3n) is 3.73. The molecule has 0 N–H and O–H groups in total. The molecule has 98 valence electrons. The smallest absolute Gasteiger partial charge is 0.399 e. The van der Waals surface area contributed by atoms with E-state index in [0.717, 1.165) is 0 Å². The highest BCUT2D eigenvalue weighted by atomic mass is 16.7. The highest BCUT2D eigenvalue weighted by Crippen LogP contribution is 2.36. The van der Waals surface area contributed by atoms with Gasteiger partial charge in [-0.2, -0.15) is 0 Å². The zero-order valence-corrected chi connectivity index (χ0v) is 11.3. The van der Waals surface area contributed by atoms with Crippen molar-refractivity contribution in [1.82, 2.24) is 9.97 Å². The van der Waals surface area contributed by atoms with E-state index in [0.29, 0.717) is 0 Å². The molecule has 0 atom stereocenters. The van der Waals surface area contributed by atoms with Crippen molar-refractivity contribution >= 4 is 23.6 Å². The molecule has 0 radical (unpaired) electrons. The maximum Gasteiger partial charge on any atom is 0.497 e. The average Bonchev–Trinajstić information content (AvgIpc) is 2.67. The van der Waals surface area contributed by atoms with Gasteiger partial charge < -0.3 is 9.31 Å². The molecular weight excluding hydrogens is 239 g/mol. The molecule has 0 spiro atoms. The van der Waals surface area contributed by atoms with Crippen LogP contribution in [0, 0.1) is 0 Å². The molecule has 1 aromatic carbocycles. The SMILES string of the molecule is [2H]c1nc2c([2H])c([2H])c([2H])c(B3OC(C)(C)C(C)(C)O3)c2nc1[2H]. The van der Waals surface area contributed by atoms with E-state index in [4.69, 9.17) is 16.2 Å². The van der Waals surface area contributed by atoms with Gasteiger partial charge in [-0.15, -0.1) is 0 Å². The zero-order valence-electron chi connectivity index (χ0n) is 16.3. The van der Waals surface area contributed by atoms with E-state index in [9.17, 15) is 0 Å². The van der Waals surface area contributed by atoms with Gasteiger partial charge in [-0.3, -0.25) is 9.97 Å². The van der Waals surface area contributed by atoms with Crippen molar-refractivity contribution in [2.45, 2.75) is 38.9 Å². The Hall–Kier alpha value is -1.46. The van der Waals surface area contributed by atoms with Gasteiger partial charge in [-0.05, 0) is 33.7 Å². The van der Waals surface area contributed by atoms with Gasteiger partial charge >= 0.3 is 7.12 Å². The summed E-state index contributed by atoms with van der Waals surface area (Å²) in [5, 5.41) is 0. The summed E-state index contributed by atoms with van der Waals surface area (Å²) in [5.41, 5.74) is -1.02. The summed E-state index contributed by atoms with van der Waals surface area (Å²) in [4.78, 5) is 7.91. The van der Waals surface area contributed by atoms with Crippen molar-refractivity contribution in [2.75, 3.05) is 0 Å². The number of hydrogen-bond donors (Lipinski definition) is 0. The first-order valence-corrected chi connectivity index (χ1v) is 6.06. The van der Waals surface area contributed by atoms with E-state index in [1.54, 1.807) is 0 Å². The number of nitrogens with zero attached hydrogens (tertiary/aromatic N) is 2.